The van der Waals surface area contributed by atoms with E-state index in [1.54, 1.807) is 7.11 Å². The molecule has 144 valence electrons. The number of aliphatic hydroxyl groups is 1. The van der Waals surface area contributed by atoms with Gasteiger partial charge in [0.25, 0.3) is 0 Å². The van der Waals surface area contributed by atoms with Gasteiger partial charge < -0.3 is 20.5 Å². The van der Waals surface area contributed by atoms with Gasteiger partial charge in [0, 0.05) is 31.4 Å². The standard InChI is InChI=1S/C20H26N4O3/c1-24-13-19(25)21-12-18(24)15-5-7-16(8-6-15)23-20(26)22-11-14-3-9-17(27-2)10-4-14/h3-10,18-19,21,25H,11-13H2,1-2H3,(H2,22,23,26)/t18-,19?/m0/s1. The van der Waals surface area contributed by atoms with E-state index in [1.807, 2.05) is 55.6 Å². The number of ether oxygens (including phenoxy) is 1. The van der Waals surface area contributed by atoms with Crippen molar-refractivity contribution in [2.24, 2.45) is 0 Å². The molecule has 4 N–H and O–H groups in total. The molecule has 3 rings (SSSR count). The van der Waals surface area contributed by atoms with E-state index in [-0.39, 0.29) is 12.1 Å². The molecular weight excluding hydrogens is 344 g/mol. The average molecular weight is 370 g/mol. The van der Waals surface area contributed by atoms with Gasteiger partial charge in [-0.05, 0) is 42.4 Å². The number of urea groups is 1. The maximum Gasteiger partial charge on any atom is 0.319 e. The topological polar surface area (TPSA) is 85.9 Å². The monoisotopic (exact) mass is 370 g/mol. The molecule has 2 aromatic rings. The summed E-state index contributed by atoms with van der Waals surface area (Å²) in [6.07, 6.45) is -0.485. The molecule has 0 aromatic heterocycles. The number of piperazine rings is 1. The number of β-amino-alcohol motifs (C(OH)–C–C–N with tert-alkyl or cyclic N) is 1. The lowest BCUT2D eigenvalue weighted by Gasteiger charge is -2.36. The minimum absolute atomic E-state index is 0.200. The lowest BCUT2D eigenvalue weighted by molar-refractivity contribution is 0.0370. The average Bonchev–Trinajstić information content (AvgIpc) is 2.68. The lowest BCUT2D eigenvalue weighted by Crippen LogP contribution is -2.50. The van der Waals surface area contributed by atoms with Crippen LogP contribution in [0.25, 0.3) is 0 Å². The Kier molecular flexibility index (Phi) is 6.28. The van der Waals surface area contributed by atoms with Gasteiger partial charge in [-0.2, -0.15) is 0 Å². The van der Waals surface area contributed by atoms with Crippen molar-refractivity contribution in [3.05, 3.63) is 59.7 Å². The molecule has 7 heteroatoms. The van der Waals surface area contributed by atoms with Crippen LogP contribution < -0.4 is 20.7 Å². The first-order valence-corrected chi connectivity index (χ1v) is 8.94. The van der Waals surface area contributed by atoms with Crippen molar-refractivity contribution < 1.29 is 14.6 Å². The third-order valence-electron chi connectivity index (χ3n) is 4.71. The molecule has 0 radical (unpaired) electrons. The number of hydrogen-bond acceptors (Lipinski definition) is 5. The maximum atomic E-state index is 12.1. The number of methoxy groups -OCH3 is 1. The van der Waals surface area contributed by atoms with Gasteiger partial charge in [0.15, 0.2) is 0 Å². The third-order valence-corrected chi connectivity index (χ3v) is 4.71. The zero-order valence-electron chi connectivity index (χ0n) is 15.6. The Balaban J connectivity index is 1.50. The first-order valence-electron chi connectivity index (χ1n) is 8.94. The number of rotatable bonds is 5. The quantitative estimate of drug-likeness (QED) is 0.646. The van der Waals surface area contributed by atoms with Crippen LogP contribution in [-0.2, 0) is 6.54 Å². The van der Waals surface area contributed by atoms with Gasteiger partial charge in [-0.25, -0.2) is 4.79 Å². The van der Waals surface area contributed by atoms with Gasteiger partial charge in [0.2, 0.25) is 0 Å². The minimum atomic E-state index is -0.485. The van der Waals surface area contributed by atoms with Gasteiger partial charge in [0.1, 0.15) is 12.0 Å². The Labute approximate surface area is 159 Å². The molecule has 0 aliphatic carbocycles. The zero-order valence-corrected chi connectivity index (χ0v) is 15.6. The second-order valence-corrected chi connectivity index (χ2v) is 6.66. The summed E-state index contributed by atoms with van der Waals surface area (Å²) >= 11 is 0. The first kappa shape index (κ1) is 19.2. The number of nitrogens with one attached hydrogen (secondary N) is 3. The van der Waals surface area contributed by atoms with E-state index in [1.165, 1.54) is 0 Å². The number of carbonyl (C=O) groups excluding carboxylic acids is 1. The number of likely N-dealkylation sites (N-methyl/N-ethyl adjacent to an activating group) is 1. The van der Waals surface area contributed by atoms with Gasteiger partial charge in [0.05, 0.1) is 7.11 Å². The second-order valence-electron chi connectivity index (χ2n) is 6.66. The fraction of sp³-hybridized carbons (Fsp3) is 0.350. The summed E-state index contributed by atoms with van der Waals surface area (Å²) in [5, 5.41) is 18.4. The highest BCUT2D eigenvalue weighted by Crippen LogP contribution is 2.23. The van der Waals surface area contributed by atoms with Crippen LogP contribution in [0.3, 0.4) is 0 Å². The molecule has 1 heterocycles. The van der Waals surface area contributed by atoms with E-state index in [4.69, 9.17) is 4.74 Å². The van der Waals surface area contributed by atoms with E-state index in [9.17, 15) is 9.90 Å². The van der Waals surface area contributed by atoms with Crippen LogP contribution in [0.5, 0.6) is 5.75 Å². The van der Waals surface area contributed by atoms with Crippen LogP contribution >= 0.6 is 0 Å². The largest absolute Gasteiger partial charge is 0.497 e. The van der Waals surface area contributed by atoms with Gasteiger partial charge in [-0.3, -0.25) is 10.2 Å². The highest BCUT2D eigenvalue weighted by atomic mass is 16.5. The maximum absolute atomic E-state index is 12.1. The third kappa shape index (κ3) is 5.19. The molecule has 27 heavy (non-hydrogen) atoms. The molecule has 7 nitrogen and oxygen atoms in total. The van der Waals surface area contributed by atoms with Crippen LogP contribution in [-0.4, -0.2) is 49.5 Å². The van der Waals surface area contributed by atoms with E-state index in [0.29, 0.717) is 19.6 Å². The van der Waals surface area contributed by atoms with Crippen molar-refractivity contribution in [3.8, 4) is 5.75 Å². The van der Waals surface area contributed by atoms with Gasteiger partial charge >= 0.3 is 6.03 Å². The Morgan fingerprint density at radius 1 is 1.22 bits per heavy atom. The molecular formula is C20H26N4O3. The fourth-order valence-corrected chi connectivity index (χ4v) is 3.13. The number of amides is 2. The van der Waals surface area contributed by atoms with E-state index in [2.05, 4.69) is 20.9 Å². The normalized spacial score (nSPS) is 20.1. The van der Waals surface area contributed by atoms with Crippen molar-refractivity contribution >= 4 is 11.7 Å². The number of carbonyl (C=O) groups is 1. The SMILES string of the molecule is COc1ccc(CNC(=O)Nc2ccc([C@@H]3CNC(O)CN3C)cc2)cc1. The van der Waals surface area contributed by atoms with Gasteiger partial charge in [-0.1, -0.05) is 24.3 Å². The predicted molar refractivity (Wildman–Crippen MR) is 105 cm³/mol. The highest BCUT2D eigenvalue weighted by molar-refractivity contribution is 5.89. The predicted octanol–water partition coefficient (Wildman–Crippen LogP) is 1.91. The number of hydrogen-bond donors (Lipinski definition) is 4. The summed E-state index contributed by atoms with van der Waals surface area (Å²) in [6.45, 7) is 1.71. The van der Waals surface area contributed by atoms with Gasteiger partial charge in [-0.15, -0.1) is 0 Å². The Bertz CT molecular complexity index is 749. The number of nitrogens with zero attached hydrogens (tertiary/aromatic N) is 1. The van der Waals surface area contributed by atoms with Crippen LogP contribution in [0.1, 0.15) is 17.2 Å². The molecule has 1 fully saturated rings. The molecule has 1 unspecified atom stereocenters. The van der Waals surface area contributed by atoms with Crippen molar-refractivity contribution in [3.63, 3.8) is 0 Å². The van der Waals surface area contributed by atoms with Crippen LogP contribution in [0.15, 0.2) is 48.5 Å². The Morgan fingerprint density at radius 2 is 1.93 bits per heavy atom. The molecule has 2 aromatic carbocycles. The molecule has 0 bridgehead atoms. The van der Waals surface area contributed by atoms with E-state index >= 15 is 0 Å². The number of aliphatic hydroxyl groups excluding tert-OH is 1. The summed E-state index contributed by atoms with van der Waals surface area (Å²) in [4.78, 5) is 14.2. The smallest absolute Gasteiger partial charge is 0.319 e. The summed E-state index contributed by atoms with van der Waals surface area (Å²) in [5.74, 6) is 0.789. The molecule has 2 amide bonds. The molecule has 1 saturated heterocycles. The first-order chi connectivity index (χ1) is 13.0. The number of benzene rings is 2. The lowest BCUT2D eigenvalue weighted by atomic mass is 10.0. The number of anilines is 1. The van der Waals surface area contributed by atoms with Crippen molar-refractivity contribution in [2.75, 3.05) is 32.6 Å². The molecule has 1 aliphatic rings. The van der Waals surface area contributed by atoms with Crippen LogP contribution in [0.2, 0.25) is 0 Å². The summed E-state index contributed by atoms with van der Waals surface area (Å²) in [5.41, 5.74) is 2.87. The minimum Gasteiger partial charge on any atom is -0.497 e. The summed E-state index contributed by atoms with van der Waals surface area (Å²) in [6, 6.07) is 15.3. The second kappa shape index (κ2) is 8.85. The Morgan fingerprint density at radius 3 is 2.56 bits per heavy atom. The molecule has 0 spiro atoms. The fourth-order valence-electron chi connectivity index (χ4n) is 3.13. The van der Waals surface area contributed by atoms with Crippen LogP contribution in [0, 0.1) is 0 Å². The Hall–Kier alpha value is -2.61. The zero-order chi connectivity index (χ0) is 19.2. The molecule has 2 atom stereocenters. The highest BCUT2D eigenvalue weighted by Gasteiger charge is 2.24. The van der Waals surface area contributed by atoms with E-state index in [0.717, 1.165) is 22.6 Å². The van der Waals surface area contributed by atoms with Crippen molar-refractivity contribution in [2.45, 2.75) is 18.8 Å². The van der Waals surface area contributed by atoms with Crippen molar-refractivity contribution in [1.29, 1.82) is 0 Å². The molecule has 0 saturated carbocycles. The summed E-state index contributed by atoms with van der Waals surface area (Å²) < 4.78 is 5.12. The van der Waals surface area contributed by atoms with Crippen LogP contribution in [0.4, 0.5) is 10.5 Å². The van der Waals surface area contributed by atoms with Crippen molar-refractivity contribution in [1.82, 2.24) is 15.5 Å². The summed E-state index contributed by atoms with van der Waals surface area (Å²) in [7, 11) is 3.62. The molecule has 1 aliphatic heterocycles. The van der Waals surface area contributed by atoms with E-state index < -0.39 is 6.23 Å².